The lowest BCUT2D eigenvalue weighted by Gasteiger charge is -2.29. The first kappa shape index (κ1) is 11.8. The minimum atomic E-state index is 0.192. The fourth-order valence-electron chi connectivity index (χ4n) is 1.11. The number of nitrogens with one attached hydrogen (secondary N) is 1. The molecule has 0 radical (unpaired) electrons. The Morgan fingerprint density at radius 3 is 2.53 bits per heavy atom. The second kappa shape index (κ2) is 4.09. The van der Waals surface area contributed by atoms with Crippen LogP contribution in [0.4, 0.5) is 11.5 Å². The molecule has 0 amide bonds. The number of aryl methyl sites for hydroxylation is 1. The number of pyridine rings is 1. The molecule has 3 N–H and O–H groups in total. The second-order valence-corrected chi connectivity index (χ2v) is 5.12. The Balaban J connectivity index is 2.86. The highest BCUT2D eigenvalue weighted by molar-refractivity contribution is 5.65. The van der Waals surface area contributed by atoms with Crippen LogP contribution in [0.15, 0.2) is 12.3 Å². The zero-order valence-electron chi connectivity index (χ0n) is 10.3. The van der Waals surface area contributed by atoms with E-state index in [9.17, 15) is 0 Å². The van der Waals surface area contributed by atoms with Crippen molar-refractivity contribution in [3.8, 4) is 0 Å². The van der Waals surface area contributed by atoms with Crippen LogP contribution >= 0.6 is 0 Å². The van der Waals surface area contributed by atoms with Gasteiger partial charge in [-0.2, -0.15) is 0 Å². The maximum absolute atomic E-state index is 5.95. The molecule has 1 aromatic rings. The van der Waals surface area contributed by atoms with Crippen molar-refractivity contribution in [2.24, 2.45) is 5.41 Å². The second-order valence-electron chi connectivity index (χ2n) is 5.12. The van der Waals surface area contributed by atoms with E-state index in [4.69, 9.17) is 5.73 Å². The molecule has 1 heterocycles. The quantitative estimate of drug-likeness (QED) is 0.784. The summed E-state index contributed by atoms with van der Waals surface area (Å²) in [4.78, 5) is 4.26. The molecule has 0 aliphatic carbocycles. The third kappa shape index (κ3) is 2.85. The highest BCUT2D eigenvalue weighted by atomic mass is 15.0. The smallest absolute Gasteiger partial charge is 0.149 e. The summed E-state index contributed by atoms with van der Waals surface area (Å²) in [6, 6.07) is 2.25. The Kier molecular flexibility index (Phi) is 3.22. The summed E-state index contributed by atoms with van der Waals surface area (Å²) in [5.41, 5.74) is 7.95. The molecule has 3 nitrogen and oxygen atoms in total. The van der Waals surface area contributed by atoms with Gasteiger partial charge in [-0.15, -0.1) is 0 Å². The van der Waals surface area contributed by atoms with E-state index >= 15 is 0 Å². The molecule has 1 rings (SSSR count). The van der Waals surface area contributed by atoms with E-state index in [0.29, 0.717) is 6.04 Å². The number of hydrogen-bond donors (Lipinski definition) is 2. The van der Waals surface area contributed by atoms with Crippen LogP contribution in [0.3, 0.4) is 0 Å². The number of nitrogens with two attached hydrogens (primary N) is 1. The molecular formula is C12H21N3. The standard InChI is InChI=1S/C12H21N3/c1-8-6-7-14-11(10(8)13)15-9(2)12(3,4)5/h6-7,9H,13H2,1-5H3,(H,14,15). The number of aromatic nitrogens is 1. The van der Waals surface area contributed by atoms with Crippen molar-refractivity contribution in [3.05, 3.63) is 17.8 Å². The fourth-order valence-corrected chi connectivity index (χ4v) is 1.11. The summed E-state index contributed by atoms with van der Waals surface area (Å²) in [6.07, 6.45) is 1.78. The lowest BCUT2D eigenvalue weighted by Crippen LogP contribution is -2.31. The average Bonchev–Trinajstić information content (AvgIpc) is 2.11. The van der Waals surface area contributed by atoms with Gasteiger partial charge in [0.2, 0.25) is 0 Å². The minimum Gasteiger partial charge on any atom is -0.396 e. The Labute approximate surface area is 92.1 Å². The number of rotatable bonds is 2. The fraction of sp³-hybridized carbons (Fsp3) is 0.583. The van der Waals surface area contributed by atoms with E-state index in [1.54, 1.807) is 6.20 Å². The molecule has 0 saturated heterocycles. The summed E-state index contributed by atoms with van der Waals surface area (Å²) in [7, 11) is 0. The highest BCUT2D eigenvalue weighted by Crippen LogP contribution is 2.25. The van der Waals surface area contributed by atoms with Crippen LogP contribution in [0.25, 0.3) is 0 Å². The van der Waals surface area contributed by atoms with Crippen molar-refractivity contribution in [1.29, 1.82) is 0 Å². The molecule has 0 saturated carbocycles. The van der Waals surface area contributed by atoms with E-state index in [1.165, 1.54) is 0 Å². The Hall–Kier alpha value is -1.25. The summed E-state index contributed by atoms with van der Waals surface area (Å²) in [6.45, 7) is 10.7. The summed E-state index contributed by atoms with van der Waals surface area (Å²) >= 11 is 0. The topological polar surface area (TPSA) is 50.9 Å². The van der Waals surface area contributed by atoms with E-state index < -0.39 is 0 Å². The highest BCUT2D eigenvalue weighted by Gasteiger charge is 2.20. The SMILES string of the molecule is Cc1ccnc(NC(C)C(C)(C)C)c1N. The van der Waals surface area contributed by atoms with Crippen molar-refractivity contribution in [2.75, 3.05) is 11.1 Å². The van der Waals surface area contributed by atoms with Gasteiger partial charge < -0.3 is 11.1 Å². The average molecular weight is 207 g/mol. The van der Waals surface area contributed by atoms with Gasteiger partial charge in [0.15, 0.2) is 0 Å². The number of hydrogen-bond acceptors (Lipinski definition) is 3. The van der Waals surface area contributed by atoms with Gasteiger partial charge in [-0.1, -0.05) is 20.8 Å². The molecule has 0 aliphatic rings. The van der Waals surface area contributed by atoms with Gasteiger partial charge in [0.25, 0.3) is 0 Å². The van der Waals surface area contributed by atoms with E-state index in [-0.39, 0.29) is 5.41 Å². The molecular weight excluding hydrogens is 186 g/mol. The molecule has 0 fully saturated rings. The lowest BCUT2D eigenvalue weighted by molar-refractivity contribution is 0.359. The van der Waals surface area contributed by atoms with Gasteiger partial charge in [0.1, 0.15) is 5.82 Å². The monoisotopic (exact) mass is 207 g/mol. The first-order chi connectivity index (χ1) is 6.82. The maximum Gasteiger partial charge on any atom is 0.149 e. The van der Waals surface area contributed by atoms with Crippen LogP contribution in [-0.4, -0.2) is 11.0 Å². The van der Waals surface area contributed by atoms with Crippen molar-refractivity contribution < 1.29 is 0 Å². The first-order valence-corrected chi connectivity index (χ1v) is 5.30. The van der Waals surface area contributed by atoms with Gasteiger partial charge >= 0.3 is 0 Å². The molecule has 0 spiro atoms. The minimum absolute atomic E-state index is 0.192. The molecule has 3 heteroatoms. The Morgan fingerprint density at radius 2 is 2.00 bits per heavy atom. The summed E-state index contributed by atoms with van der Waals surface area (Å²) < 4.78 is 0. The summed E-state index contributed by atoms with van der Waals surface area (Å²) in [5, 5.41) is 3.35. The van der Waals surface area contributed by atoms with Crippen molar-refractivity contribution >= 4 is 11.5 Å². The van der Waals surface area contributed by atoms with Crippen LogP contribution in [0.5, 0.6) is 0 Å². The predicted octanol–water partition coefficient (Wildman–Crippen LogP) is 2.82. The Morgan fingerprint density at radius 1 is 1.40 bits per heavy atom. The molecule has 84 valence electrons. The molecule has 0 aliphatic heterocycles. The molecule has 1 atom stereocenters. The van der Waals surface area contributed by atoms with Gasteiger partial charge in [0, 0.05) is 12.2 Å². The molecule has 15 heavy (non-hydrogen) atoms. The van der Waals surface area contributed by atoms with Crippen LogP contribution in [0.1, 0.15) is 33.3 Å². The molecule has 0 aromatic carbocycles. The zero-order valence-corrected chi connectivity index (χ0v) is 10.3. The summed E-state index contributed by atoms with van der Waals surface area (Å²) in [5.74, 6) is 0.789. The van der Waals surface area contributed by atoms with E-state index in [2.05, 4.69) is 38.0 Å². The van der Waals surface area contributed by atoms with Crippen LogP contribution < -0.4 is 11.1 Å². The third-order valence-corrected chi connectivity index (χ3v) is 2.86. The maximum atomic E-state index is 5.95. The Bertz CT molecular complexity index is 339. The largest absolute Gasteiger partial charge is 0.396 e. The third-order valence-electron chi connectivity index (χ3n) is 2.86. The number of nitrogen functional groups attached to an aromatic ring is 1. The number of nitrogens with zero attached hydrogens (tertiary/aromatic N) is 1. The zero-order chi connectivity index (χ0) is 11.6. The van der Waals surface area contributed by atoms with Gasteiger partial charge in [0.05, 0.1) is 5.69 Å². The van der Waals surface area contributed by atoms with Gasteiger partial charge in [-0.3, -0.25) is 0 Å². The van der Waals surface area contributed by atoms with Crippen LogP contribution in [0.2, 0.25) is 0 Å². The van der Waals surface area contributed by atoms with Crippen molar-refractivity contribution in [2.45, 2.75) is 40.7 Å². The molecule has 1 unspecified atom stereocenters. The van der Waals surface area contributed by atoms with Crippen LogP contribution in [0, 0.1) is 12.3 Å². The van der Waals surface area contributed by atoms with Crippen molar-refractivity contribution in [1.82, 2.24) is 4.98 Å². The predicted molar refractivity (Wildman–Crippen MR) is 65.9 cm³/mol. The normalized spacial score (nSPS) is 13.7. The van der Waals surface area contributed by atoms with Gasteiger partial charge in [-0.25, -0.2) is 4.98 Å². The first-order valence-electron chi connectivity index (χ1n) is 5.30. The van der Waals surface area contributed by atoms with Crippen LogP contribution in [-0.2, 0) is 0 Å². The lowest BCUT2D eigenvalue weighted by atomic mass is 9.88. The molecule has 0 bridgehead atoms. The number of anilines is 2. The van der Waals surface area contributed by atoms with Gasteiger partial charge in [-0.05, 0) is 30.9 Å². The van der Waals surface area contributed by atoms with E-state index in [0.717, 1.165) is 17.1 Å². The van der Waals surface area contributed by atoms with Crippen molar-refractivity contribution in [3.63, 3.8) is 0 Å². The molecule has 1 aromatic heterocycles. The van der Waals surface area contributed by atoms with E-state index in [1.807, 2.05) is 13.0 Å².